The first-order valence-corrected chi connectivity index (χ1v) is 4.07. The van der Waals surface area contributed by atoms with Gasteiger partial charge in [0.2, 0.25) is 0 Å². The fourth-order valence-corrected chi connectivity index (χ4v) is 0.914. The van der Waals surface area contributed by atoms with Crippen LogP contribution < -0.4 is 5.32 Å². The van der Waals surface area contributed by atoms with Crippen LogP contribution in [0.5, 0.6) is 5.88 Å². The van der Waals surface area contributed by atoms with Gasteiger partial charge in [-0.1, -0.05) is 0 Å². The summed E-state index contributed by atoms with van der Waals surface area (Å²) in [5, 5.41) is 13.7. The molecule has 0 saturated carbocycles. The number of nitrogens with one attached hydrogen (secondary N) is 1. The van der Waals surface area contributed by atoms with Crippen molar-refractivity contribution in [2.24, 2.45) is 0 Å². The van der Waals surface area contributed by atoms with Gasteiger partial charge in [-0.15, -0.1) is 0 Å². The summed E-state index contributed by atoms with van der Waals surface area (Å²) in [4.78, 5) is 11.4. The maximum atomic E-state index is 11.4. The SMILES string of the molecule is CC(C)(C)NC(=O)n1cccc1[O]. The molecule has 4 heteroatoms. The number of aromatic nitrogens is 1. The van der Waals surface area contributed by atoms with Crippen LogP contribution in [-0.2, 0) is 5.11 Å². The highest BCUT2D eigenvalue weighted by Crippen LogP contribution is 2.10. The van der Waals surface area contributed by atoms with Crippen molar-refractivity contribution in [3.05, 3.63) is 18.3 Å². The van der Waals surface area contributed by atoms with Gasteiger partial charge >= 0.3 is 6.03 Å². The van der Waals surface area contributed by atoms with Gasteiger partial charge in [0.1, 0.15) is 0 Å². The number of rotatable bonds is 0. The molecule has 71 valence electrons. The van der Waals surface area contributed by atoms with Crippen LogP contribution >= 0.6 is 0 Å². The number of amides is 1. The third kappa shape index (κ3) is 2.50. The van der Waals surface area contributed by atoms with Crippen LogP contribution in [0.15, 0.2) is 18.3 Å². The summed E-state index contributed by atoms with van der Waals surface area (Å²) in [5.74, 6) is -0.304. The molecular weight excluding hydrogens is 168 g/mol. The zero-order chi connectivity index (χ0) is 10.1. The van der Waals surface area contributed by atoms with Crippen molar-refractivity contribution < 1.29 is 9.90 Å². The van der Waals surface area contributed by atoms with Gasteiger partial charge in [-0.2, -0.15) is 0 Å². The molecule has 0 unspecified atom stereocenters. The molecule has 1 amide bonds. The minimum Gasteiger partial charge on any atom is -0.333 e. The fraction of sp³-hybridized carbons (Fsp3) is 0.444. The topological polar surface area (TPSA) is 53.9 Å². The molecule has 0 aliphatic heterocycles. The summed E-state index contributed by atoms with van der Waals surface area (Å²) in [6.07, 6.45) is 1.45. The van der Waals surface area contributed by atoms with Crippen LogP contribution in [0.25, 0.3) is 0 Å². The summed E-state index contributed by atoms with van der Waals surface area (Å²) < 4.78 is 1.05. The van der Waals surface area contributed by atoms with E-state index in [9.17, 15) is 9.90 Å². The van der Waals surface area contributed by atoms with E-state index in [0.29, 0.717) is 0 Å². The Labute approximate surface area is 77.2 Å². The molecule has 1 aromatic heterocycles. The largest absolute Gasteiger partial charge is 0.333 e. The molecule has 1 rings (SSSR count). The van der Waals surface area contributed by atoms with Crippen molar-refractivity contribution in [1.29, 1.82) is 0 Å². The van der Waals surface area contributed by atoms with E-state index >= 15 is 0 Å². The van der Waals surface area contributed by atoms with Crippen molar-refractivity contribution >= 4 is 6.03 Å². The second-order valence-corrected chi connectivity index (χ2v) is 3.90. The monoisotopic (exact) mass is 181 g/mol. The average molecular weight is 181 g/mol. The third-order valence-electron chi connectivity index (χ3n) is 1.41. The van der Waals surface area contributed by atoms with Gasteiger partial charge in [0.05, 0.1) is 0 Å². The van der Waals surface area contributed by atoms with E-state index in [1.54, 1.807) is 6.07 Å². The number of hydrogen-bond donors (Lipinski definition) is 1. The zero-order valence-electron chi connectivity index (χ0n) is 8.00. The lowest BCUT2D eigenvalue weighted by Gasteiger charge is -2.20. The molecule has 0 bridgehead atoms. The number of carbonyl (C=O) groups is 1. The maximum absolute atomic E-state index is 11.4. The molecule has 1 radical (unpaired) electrons. The first kappa shape index (κ1) is 9.64. The van der Waals surface area contributed by atoms with E-state index in [2.05, 4.69) is 5.32 Å². The number of nitrogens with zero attached hydrogens (tertiary/aromatic N) is 1. The first-order chi connectivity index (χ1) is 5.90. The highest BCUT2D eigenvalue weighted by molar-refractivity contribution is 5.78. The highest BCUT2D eigenvalue weighted by atomic mass is 16.3. The Morgan fingerprint density at radius 1 is 1.46 bits per heavy atom. The molecule has 0 saturated heterocycles. The molecule has 1 heterocycles. The van der Waals surface area contributed by atoms with E-state index in [1.165, 1.54) is 12.3 Å². The molecule has 4 nitrogen and oxygen atoms in total. The van der Waals surface area contributed by atoms with E-state index in [1.807, 2.05) is 20.8 Å². The molecule has 0 aliphatic rings. The van der Waals surface area contributed by atoms with Crippen molar-refractivity contribution in [1.82, 2.24) is 9.88 Å². The number of hydrogen-bond acceptors (Lipinski definition) is 1. The van der Waals surface area contributed by atoms with Gasteiger partial charge in [0, 0.05) is 17.8 Å². The summed E-state index contributed by atoms with van der Waals surface area (Å²) in [5.41, 5.74) is -0.326. The second-order valence-electron chi connectivity index (χ2n) is 3.90. The maximum Gasteiger partial charge on any atom is 0.328 e. The Balaban J connectivity index is 2.76. The first-order valence-electron chi connectivity index (χ1n) is 4.07. The van der Waals surface area contributed by atoms with E-state index in [4.69, 9.17) is 0 Å². The van der Waals surface area contributed by atoms with Gasteiger partial charge in [-0.25, -0.2) is 9.36 Å². The lowest BCUT2D eigenvalue weighted by atomic mass is 10.1. The van der Waals surface area contributed by atoms with Crippen LogP contribution in [0.2, 0.25) is 0 Å². The lowest BCUT2D eigenvalue weighted by molar-refractivity contribution is 0.227. The van der Waals surface area contributed by atoms with Crippen LogP contribution in [0.4, 0.5) is 4.79 Å². The summed E-state index contributed by atoms with van der Waals surface area (Å²) >= 11 is 0. The van der Waals surface area contributed by atoms with E-state index in [-0.39, 0.29) is 17.5 Å². The van der Waals surface area contributed by atoms with Gasteiger partial charge < -0.3 is 5.32 Å². The van der Waals surface area contributed by atoms with Gasteiger partial charge in [0.15, 0.2) is 0 Å². The molecule has 0 fully saturated rings. The third-order valence-corrected chi connectivity index (χ3v) is 1.41. The normalized spacial score (nSPS) is 11.3. The molecular formula is C9H13N2O2. The second kappa shape index (κ2) is 3.12. The van der Waals surface area contributed by atoms with Crippen LogP contribution in [0.1, 0.15) is 20.8 Å². The Kier molecular flexibility index (Phi) is 2.32. The van der Waals surface area contributed by atoms with Crippen molar-refractivity contribution in [2.45, 2.75) is 26.3 Å². The van der Waals surface area contributed by atoms with Gasteiger partial charge in [-0.05, 0) is 26.8 Å². The zero-order valence-corrected chi connectivity index (χ0v) is 8.00. The molecule has 13 heavy (non-hydrogen) atoms. The minimum absolute atomic E-state index is 0.304. The van der Waals surface area contributed by atoms with E-state index in [0.717, 1.165) is 4.57 Å². The Morgan fingerprint density at radius 2 is 2.08 bits per heavy atom. The van der Waals surface area contributed by atoms with E-state index < -0.39 is 0 Å². The summed E-state index contributed by atoms with van der Waals surface area (Å²) in [6, 6.07) is 2.51. The predicted octanol–water partition coefficient (Wildman–Crippen LogP) is 1.99. The molecule has 0 spiro atoms. The highest BCUT2D eigenvalue weighted by Gasteiger charge is 2.16. The fourth-order valence-electron chi connectivity index (χ4n) is 0.914. The number of carbonyl (C=O) groups excluding carboxylic acids is 1. The smallest absolute Gasteiger partial charge is 0.328 e. The van der Waals surface area contributed by atoms with Crippen molar-refractivity contribution in [3.63, 3.8) is 0 Å². The van der Waals surface area contributed by atoms with Crippen LogP contribution in [0.3, 0.4) is 0 Å². The lowest BCUT2D eigenvalue weighted by Crippen LogP contribution is -2.42. The molecule has 1 aromatic rings. The molecule has 0 atom stereocenters. The Hall–Kier alpha value is -1.45. The summed E-state index contributed by atoms with van der Waals surface area (Å²) in [6.45, 7) is 5.58. The standard InChI is InChI=1S/C9H13N2O2/c1-9(2,3)10-8(13)11-6-4-5-7(11)12/h4-6H,1-3H3,(H,10,13). The Bertz CT molecular complexity index is 310. The van der Waals surface area contributed by atoms with Crippen LogP contribution in [-0.4, -0.2) is 16.1 Å². The average Bonchev–Trinajstić information content (AvgIpc) is 2.30. The molecule has 0 aliphatic carbocycles. The van der Waals surface area contributed by atoms with Crippen LogP contribution in [0, 0.1) is 0 Å². The van der Waals surface area contributed by atoms with Gasteiger partial charge in [-0.3, -0.25) is 5.11 Å². The minimum atomic E-state index is -0.387. The molecule has 1 N–H and O–H groups in total. The quantitative estimate of drug-likeness (QED) is 0.653. The predicted molar refractivity (Wildman–Crippen MR) is 48.2 cm³/mol. The van der Waals surface area contributed by atoms with Crippen molar-refractivity contribution in [2.75, 3.05) is 0 Å². The molecule has 0 aromatic carbocycles. The Morgan fingerprint density at radius 3 is 2.46 bits per heavy atom. The summed E-state index contributed by atoms with van der Waals surface area (Å²) in [7, 11) is 0. The van der Waals surface area contributed by atoms with Gasteiger partial charge in [0.25, 0.3) is 5.88 Å². The van der Waals surface area contributed by atoms with Crippen molar-refractivity contribution in [3.8, 4) is 5.88 Å².